The van der Waals surface area contributed by atoms with Crippen molar-refractivity contribution in [3.05, 3.63) is 60.8 Å². The first-order chi connectivity index (χ1) is 10.3. The zero-order valence-corrected chi connectivity index (χ0v) is 11.2. The molecule has 4 nitrogen and oxygen atoms in total. The number of benzene rings is 2. The van der Waals surface area contributed by atoms with Gasteiger partial charge in [-0.05, 0) is 18.2 Å². The topological polar surface area (TPSA) is 64.7 Å². The van der Waals surface area contributed by atoms with E-state index in [2.05, 4.69) is 15.0 Å². The van der Waals surface area contributed by atoms with Crippen molar-refractivity contribution in [1.82, 2.24) is 15.0 Å². The van der Waals surface area contributed by atoms with E-state index in [0.29, 0.717) is 11.5 Å². The quantitative estimate of drug-likeness (QED) is 0.576. The molecule has 21 heavy (non-hydrogen) atoms. The summed E-state index contributed by atoms with van der Waals surface area (Å²) in [6, 6.07) is 17.6. The highest BCUT2D eigenvalue weighted by atomic mass is 14.9. The summed E-state index contributed by atoms with van der Waals surface area (Å²) in [5.74, 6) is 0.423. The summed E-state index contributed by atoms with van der Waals surface area (Å²) in [6.07, 6.45) is 1.77. The summed E-state index contributed by atoms with van der Waals surface area (Å²) in [4.78, 5) is 13.6. The molecule has 0 saturated carbocycles. The molecular weight excluding hydrogens is 260 g/mol. The Balaban J connectivity index is 2.06. The summed E-state index contributed by atoms with van der Waals surface area (Å²) >= 11 is 0. The van der Waals surface area contributed by atoms with E-state index in [1.54, 1.807) is 6.20 Å². The monoisotopic (exact) mass is 272 g/mol. The molecule has 0 amide bonds. The van der Waals surface area contributed by atoms with E-state index in [4.69, 9.17) is 5.73 Å². The lowest BCUT2D eigenvalue weighted by Gasteiger charge is -2.08. The number of nitrogen functional groups attached to an aromatic ring is 1. The summed E-state index contributed by atoms with van der Waals surface area (Å²) < 4.78 is 0. The van der Waals surface area contributed by atoms with E-state index in [0.717, 1.165) is 27.5 Å². The van der Waals surface area contributed by atoms with Crippen LogP contribution < -0.4 is 5.73 Å². The van der Waals surface area contributed by atoms with Crippen molar-refractivity contribution in [2.75, 3.05) is 5.73 Å². The summed E-state index contributed by atoms with van der Waals surface area (Å²) in [5.41, 5.74) is 10.2. The van der Waals surface area contributed by atoms with E-state index in [9.17, 15) is 0 Å². The molecule has 2 heterocycles. The second-order valence-electron chi connectivity index (χ2n) is 4.83. The lowest BCUT2D eigenvalue weighted by Crippen LogP contribution is -1.99. The van der Waals surface area contributed by atoms with Gasteiger partial charge in [0.15, 0.2) is 5.82 Å². The molecule has 4 heteroatoms. The first kappa shape index (κ1) is 11.8. The van der Waals surface area contributed by atoms with Gasteiger partial charge < -0.3 is 5.73 Å². The van der Waals surface area contributed by atoms with Gasteiger partial charge in [-0.3, -0.25) is 4.98 Å². The van der Waals surface area contributed by atoms with Crippen molar-refractivity contribution < 1.29 is 0 Å². The molecule has 0 unspecified atom stereocenters. The molecule has 4 aromatic rings. The molecule has 2 aromatic carbocycles. The molecule has 0 bridgehead atoms. The predicted octanol–water partition coefficient (Wildman–Crippen LogP) is 3.43. The molecule has 0 fully saturated rings. The van der Waals surface area contributed by atoms with Crippen LogP contribution in [0.15, 0.2) is 60.8 Å². The highest BCUT2D eigenvalue weighted by Crippen LogP contribution is 2.29. The molecule has 0 saturated heterocycles. The molecule has 100 valence electrons. The van der Waals surface area contributed by atoms with Gasteiger partial charge in [-0.2, -0.15) is 0 Å². The van der Waals surface area contributed by atoms with Crippen molar-refractivity contribution in [3.63, 3.8) is 0 Å². The molecule has 2 N–H and O–H groups in total. The average Bonchev–Trinajstić information content (AvgIpc) is 2.54. The number of nitrogens with zero attached hydrogens (tertiary/aromatic N) is 3. The Kier molecular flexibility index (Phi) is 2.54. The van der Waals surface area contributed by atoms with Crippen LogP contribution in [-0.2, 0) is 0 Å². The Labute approximate surface area is 121 Å². The lowest BCUT2D eigenvalue weighted by atomic mass is 10.1. The Hall–Kier alpha value is -3.01. The van der Waals surface area contributed by atoms with Gasteiger partial charge >= 0.3 is 0 Å². The first-order valence-corrected chi connectivity index (χ1v) is 6.69. The maximum absolute atomic E-state index is 6.11. The summed E-state index contributed by atoms with van der Waals surface area (Å²) in [5, 5.41) is 1.06. The predicted molar refractivity (Wildman–Crippen MR) is 84.7 cm³/mol. The second-order valence-corrected chi connectivity index (χ2v) is 4.83. The van der Waals surface area contributed by atoms with Crippen LogP contribution in [-0.4, -0.2) is 15.0 Å². The van der Waals surface area contributed by atoms with Crippen LogP contribution in [0, 0.1) is 0 Å². The Bertz CT molecular complexity index is 958. The molecule has 4 rings (SSSR count). The van der Waals surface area contributed by atoms with Gasteiger partial charge in [-0.25, -0.2) is 9.97 Å². The van der Waals surface area contributed by atoms with Gasteiger partial charge in [0.25, 0.3) is 0 Å². The van der Waals surface area contributed by atoms with Crippen molar-refractivity contribution in [2.24, 2.45) is 0 Å². The Morgan fingerprint density at radius 1 is 0.762 bits per heavy atom. The van der Waals surface area contributed by atoms with Gasteiger partial charge in [-0.1, -0.05) is 36.4 Å². The highest BCUT2D eigenvalue weighted by molar-refractivity contribution is 5.96. The van der Waals surface area contributed by atoms with Crippen molar-refractivity contribution in [3.8, 4) is 11.3 Å². The zero-order valence-electron chi connectivity index (χ0n) is 11.2. The molecular formula is C17H12N4. The van der Waals surface area contributed by atoms with Crippen LogP contribution in [0.2, 0.25) is 0 Å². The van der Waals surface area contributed by atoms with E-state index < -0.39 is 0 Å². The Morgan fingerprint density at radius 2 is 1.52 bits per heavy atom. The minimum absolute atomic E-state index is 0.423. The molecule has 2 aromatic heterocycles. The van der Waals surface area contributed by atoms with Crippen molar-refractivity contribution >= 4 is 27.8 Å². The fourth-order valence-corrected chi connectivity index (χ4v) is 2.51. The number of aromatic nitrogens is 3. The third kappa shape index (κ3) is 1.89. The van der Waals surface area contributed by atoms with Crippen LogP contribution in [0.4, 0.5) is 5.82 Å². The average molecular weight is 272 g/mol. The zero-order chi connectivity index (χ0) is 14.2. The highest BCUT2D eigenvalue weighted by Gasteiger charge is 2.11. The maximum atomic E-state index is 6.11. The van der Waals surface area contributed by atoms with Crippen molar-refractivity contribution in [1.29, 1.82) is 0 Å². The van der Waals surface area contributed by atoms with Crippen molar-refractivity contribution in [2.45, 2.75) is 0 Å². The third-order valence-electron chi connectivity index (χ3n) is 3.49. The van der Waals surface area contributed by atoms with E-state index in [1.807, 2.05) is 54.6 Å². The van der Waals surface area contributed by atoms with Crippen LogP contribution in [0.1, 0.15) is 0 Å². The number of para-hydroxylation sites is 3. The number of nitrogens with two attached hydrogens (primary N) is 1. The molecule has 0 aliphatic heterocycles. The van der Waals surface area contributed by atoms with Gasteiger partial charge in [0.1, 0.15) is 5.69 Å². The smallest absolute Gasteiger partial charge is 0.150 e. The van der Waals surface area contributed by atoms with E-state index in [-0.39, 0.29) is 0 Å². The summed E-state index contributed by atoms with van der Waals surface area (Å²) in [6.45, 7) is 0. The first-order valence-electron chi connectivity index (χ1n) is 6.69. The molecule has 0 atom stereocenters. The fraction of sp³-hybridized carbons (Fsp3) is 0. The molecule has 0 spiro atoms. The minimum atomic E-state index is 0.423. The lowest BCUT2D eigenvalue weighted by molar-refractivity contribution is 1.30. The van der Waals surface area contributed by atoms with E-state index in [1.165, 1.54) is 0 Å². The van der Waals surface area contributed by atoms with Crippen LogP contribution in [0.5, 0.6) is 0 Å². The van der Waals surface area contributed by atoms with Gasteiger partial charge in [-0.15, -0.1) is 0 Å². The van der Waals surface area contributed by atoms with E-state index >= 15 is 0 Å². The summed E-state index contributed by atoms with van der Waals surface area (Å²) in [7, 11) is 0. The number of pyridine rings is 1. The van der Waals surface area contributed by atoms with Crippen LogP contribution in [0.25, 0.3) is 33.2 Å². The third-order valence-corrected chi connectivity index (χ3v) is 3.49. The number of hydrogen-bond donors (Lipinski definition) is 1. The number of fused-ring (bicyclic) bond motifs is 2. The number of rotatable bonds is 1. The maximum Gasteiger partial charge on any atom is 0.150 e. The number of anilines is 1. The largest absolute Gasteiger partial charge is 0.382 e. The second kappa shape index (κ2) is 4.52. The SMILES string of the molecule is Nc1nc2ccccc2nc1-c1cccc2cccnc12. The van der Waals surface area contributed by atoms with Gasteiger partial charge in [0, 0.05) is 17.1 Å². The van der Waals surface area contributed by atoms with Crippen LogP contribution in [0.3, 0.4) is 0 Å². The van der Waals surface area contributed by atoms with Gasteiger partial charge in [0.05, 0.1) is 16.6 Å². The normalized spacial score (nSPS) is 11.0. The molecule has 0 radical (unpaired) electrons. The van der Waals surface area contributed by atoms with Crippen LogP contribution >= 0.6 is 0 Å². The Morgan fingerprint density at radius 3 is 2.38 bits per heavy atom. The standard InChI is InChI=1S/C17H12N4/c18-17-16(20-13-8-1-2-9-14(13)21-17)12-7-3-5-11-6-4-10-19-15(11)12/h1-10H,(H2,18,21). The molecule has 0 aliphatic rings. The molecule has 0 aliphatic carbocycles. The van der Waals surface area contributed by atoms with Gasteiger partial charge in [0.2, 0.25) is 0 Å². The minimum Gasteiger partial charge on any atom is -0.382 e. The number of hydrogen-bond acceptors (Lipinski definition) is 4. The fourth-order valence-electron chi connectivity index (χ4n) is 2.51.